The first kappa shape index (κ1) is 18.0. The van der Waals surface area contributed by atoms with E-state index in [1.54, 1.807) is 0 Å². The van der Waals surface area contributed by atoms with E-state index in [1.807, 2.05) is 18.2 Å². The summed E-state index contributed by atoms with van der Waals surface area (Å²) in [6.45, 7) is 2.81. The van der Waals surface area contributed by atoms with Crippen LogP contribution in [0.2, 0.25) is 0 Å². The molecule has 2 N–H and O–H groups in total. The Hall–Kier alpha value is -1.07. The number of aryl methyl sites for hydroxylation is 1. The van der Waals surface area contributed by atoms with E-state index >= 15 is 0 Å². The topological polar surface area (TPSA) is 69.4 Å². The summed E-state index contributed by atoms with van der Waals surface area (Å²) in [5.74, 6) is 1.08. The van der Waals surface area contributed by atoms with Gasteiger partial charge in [-0.05, 0) is 31.4 Å². The molecule has 1 aromatic rings. The molecule has 5 heteroatoms. The third-order valence-electron chi connectivity index (χ3n) is 3.42. The van der Waals surface area contributed by atoms with Crippen LogP contribution in [0.5, 0.6) is 5.75 Å². The van der Waals surface area contributed by atoms with Crippen molar-refractivity contribution in [3.05, 3.63) is 29.8 Å². The van der Waals surface area contributed by atoms with Gasteiger partial charge in [0.15, 0.2) is 0 Å². The number of sulfonamides is 1. The molecule has 0 aliphatic carbocycles. The summed E-state index contributed by atoms with van der Waals surface area (Å²) in [6, 6.07) is 8.06. The first-order valence-corrected chi connectivity index (χ1v) is 9.39. The molecule has 0 saturated carbocycles. The SMILES string of the molecule is Cc1ccccc1OCCCCCCCCCS(N)(=O)=O. The zero-order valence-corrected chi connectivity index (χ0v) is 13.7. The first-order chi connectivity index (χ1) is 9.99. The smallest absolute Gasteiger partial charge is 0.209 e. The van der Waals surface area contributed by atoms with E-state index in [4.69, 9.17) is 9.88 Å². The molecule has 21 heavy (non-hydrogen) atoms. The van der Waals surface area contributed by atoms with Gasteiger partial charge in [-0.15, -0.1) is 0 Å². The molecule has 1 aromatic carbocycles. The standard InChI is InChI=1S/C16H27NO3S/c1-15-11-7-8-12-16(15)20-13-9-5-3-2-4-6-10-14-21(17,18)19/h7-8,11-12H,2-6,9-10,13-14H2,1H3,(H2,17,18,19). The zero-order chi connectivity index (χ0) is 15.6. The van der Waals surface area contributed by atoms with Crippen LogP contribution in [0.3, 0.4) is 0 Å². The lowest BCUT2D eigenvalue weighted by atomic mass is 10.1. The number of hydrogen-bond donors (Lipinski definition) is 1. The molecule has 0 radical (unpaired) electrons. The average molecular weight is 313 g/mol. The molecule has 0 saturated heterocycles. The minimum Gasteiger partial charge on any atom is -0.493 e. The minimum absolute atomic E-state index is 0.108. The van der Waals surface area contributed by atoms with Crippen LogP contribution < -0.4 is 9.88 Å². The second kappa shape index (κ2) is 9.79. The minimum atomic E-state index is -3.28. The van der Waals surface area contributed by atoms with Gasteiger partial charge in [0.05, 0.1) is 12.4 Å². The van der Waals surface area contributed by atoms with E-state index in [2.05, 4.69) is 13.0 Å². The van der Waals surface area contributed by atoms with E-state index in [0.29, 0.717) is 6.42 Å². The fourth-order valence-electron chi connectivity index (χ4n) is 2.19. The molecular weight excluding hydrogens is 286 g/mol. The second-order valence-corrected chi connectivity index (χ2v) is 7.19. The Morgan fingerprint density at radius 3 is 2.14 bits per heavy atom. The van der Waals surface area contributed by atoms with Gasteiger partial charge >= 0.3 is 0 Å². The summed E-state index contributed by atoms with van der Waals surface area (Å²) in [4.78, 5) is 0. The molecule has 0 bridgehead atoms. The van der Waals surface area contributed by atoms with Crippen LogP contribution in [0.25, 0.3) is 0 Å². The number of ether oxygens (including phenoxy) is 1. The molecule has 0 aliphatic heterocycles. The van der Waals surface area contributed by atoms with E-state index in [1.165, 1.54) is 12.0 Å². The summed E-state index contributed by atoms with van der Waals surface area (Å²) in [6.07, 6.45) is 7.23. The number of rotatable bonds is 11. The predicted molar refractivity (Wildman–Crippen MR) is 87.0 cm³/mol. The summed E-state index contributed by atoms with van der Waals surface area (Å²) in [5, 5.41) is 4.95. The lowest BCUT2D eigenvalue weighted by Gasteiger charge is -2.08. The third kappa shape index (κ3) is 9.47. The molecule has 0 unspecified atom stereocenters. The summed E-state index contributed by atoms with van der Waals surface area (Å²) in [7, 11) is -3.28. The highest BCUT2D eigenvalue weighted by Gasteiger charge is 2.01. The molecule has 0 fully saturated rings. The van der Waals surface area contributed by atoms with Crippen molar-refractivity contribution >= 4 is 10.0 Å². The Labute approximate surface area is 128 Å². The van der Waals surface area contributed by atoms with Gasteiger partial charge in [-0.3, -0.25) is 0 Å². The third-order valence-corrected chi connectivity index (χ3v) is 4.28. The van der Waals surface area contributed by atoms with Crippen LogP contribution in [0, 0.1) is 6.92 Å². The average Bonchev–Trinajstić information content (AvgIpc) is 2.41. The molecule has 0 atom stereocenters. The number of hydrogen-bond acceptors (Lipinski definition) is 3. The maximum absolute atomic E-state index is 10.7. The number of para-hydroxylation sites is 1. The van der Waals surface area contributed by atoms with Gasteiger partial charge in [0.2, 0.25) is 10.0 Å². The van der Waals surface area contributed by atoms with Crippen LogP contribution in [0.4, 0.5) is 0 Å². The van der Waals surface area contributed by atoms with Crippen LogP contribution in [-0.4, -0.2) is 20.8 Å². The summed E-state index contributed by atoms with van der Waals surface area (Å²) < 4.78 is 27.2. The van der Waals surface area contributed by atoms with Gasteiger partial charge in [-0.1, -0.05) is 50.3 Å². The van der Waals surface area contributed by atoms with Crippen LogP contribution >= 0.6 is 0 Å². The molecule has 0 amide bonds. The molecule has 120 valence electrons. The normalized spacial score (nSPS) is 11.5. The molecule has 0 heterocycles. The Balaban J connectivity index is 1.92. The summed E-state index contributed by atoms with van der Waals surface area (Å²) >= 11 is 0. The van der Waals surface area contributed by atoms with E-state index in [9.17, 15) is 8.42 Å². The highest BCUT2D eigenvalue weighted by molar-refractivity contribution is 7.89. The maximum Gasteiger partial charge on any atom is 0.209 e. The maximum atomic E-state index is 10.7. The molecule has 0 aliphatic rings. The van der Waals surface area contributed by atoms with Gasteiger partial charge in [0.1, 0.15) is 5.75 Å². The van der Waals surface area contributed by atoms with Crippen molar-refractivity contribution in [2.45, 2.75) is 51.9 Å². The van der Waals surface area contributed by atoms with Crippen molar-refractivity contribution in [2.24, 2.45) is 5.14 Å². The van der Waals surface area contributed by atoms with Crippen molar-refractivity contribution in [3.63, 3.8) is 0 Å². The van der Waals surface area contributed by atoms with E-state index < -0.39 is 10.0 Å². The molecule has 0 spiro atoms. The van der Waals surface area contributed by atoms with Crippen LogP contribution in [0.1, 0.15) is 50.5 Å². The van der Waals surface area contributed by atoms with Gasteiger partial charge in [0, 0.05) is 0 Å². The highest BCUT2D eigenvalue weighted by Crippen LogP contribution is 2.16. The molecule has 0 aromatic heterocycles. The van der Waals surface area contributed by atoms with Crippen LogP contribution in [-0.2, 0) is 10.0 Å². The Morgan fingerprint density at radius 1 is 0.952 bits per heavy atom. The lowest BCUT2D eigenvalue weighted by molar-refractivity contribution is 0.302. The summed E-state index contributed by atoms with van der Waals surface area (Å²) in [5.41, 5.74) is 1.17. The number of unbranched alkanes of at least 4 members (excludes halogenated alkanes) is 6. The highest BCUT2D eigenvalue weighted by atomic mass is 32.2. The van der Waals surface area contributed by atoms with Crippen molar-refractivity contribution in [1.82, 2.24) is 0 Å². The monoisotopic (exact) mass is 313 g/mol. The lowest BCUT2D eigenvalue weighted by Crippen LogP contribution is -2.16. The zero-order valence-electron chi connectivity index (χ0n) is 12.9. The van der Waals surface area contributed by atoms with Gasteiger partial charge in [-0.2, -0.15) is 0 Å². The second-order valence-electron chi connectivity index (χ2n) is 5.46. The quantitative estimate of drug-likeness (QED) is 0.637. The van der Waals surface area contributed by atoms with Crippen molar-refractivity contribution < 1.29 is 13.2 Å². The van der Waals surface area contributed by atoms with Crippen molar-refractivity contribution in [3.8, 4) is 5.75 Å². The van der Waals surface area contributed by atoms with Gasteiger partial charge in [0.25, 0.3) is 0 Å². The van der Waals surface area contributed by atoms with E-state index in [-0.39, 0.29) is 5.75 Å². The van der Waals surface area contributed by atoms with Crippen LogP contribution in [0.15, 0.2) is 24.3 Å². The van der Waals surface area contributed by atoms with Gasteiger partial charge < -0.3 is 4.74 Å². The first-order valence-electron chi connectivity index (χ1n) is 7.68. The number of nitrogens with two attached hydrogens (primary N) is 1. The predicted octanol–water partition coefficient (Wildman–Crippen LogP) is 3.39. The molecule has 4 nitrogen and oxygen atoms in total. The largest absolute Gasteiger partial charge is 0.493 e. The Kier molecular flexibility index (Phi) is 8.38. The molecule has 1 rings (SSSR count). The van der Waals surface area contributed by atoms with Crippen molar-refractivity contribution in [2.75, 3.05) is 12.4 Å². The fourth-order valence-corrected chi connectivity index (χ4v) is 2.80. The van der Waals surface area contributed by atoms with E-state index in [0.717, 1.165) is 44.5 Å². The Bertz CT molecular complexity index is 500. The number of benzene rings is 1. The van der Waals surface area contributed by atoms with Crippen molar-refractivity contribution in [1.29, 1.82) is 0 Å². The number of primary sulfonamides is 1. The Morgan fingerprint density at radius 2 is 1.52 bits per heavy atom. The van der Waals surface area contributed by atoms with Gasteiger partial charge in [-0.25, -0.2) is 13.6 Å². The fraction of sp³-hybridized carbons (Fsp3) is 0.625. The molecular formula is C16H27NO3S.